The summed E-state index contributed by atoms with van der Waals surface area (Å²) in [4.78, 5) is 26.1. The summed E-state index contributed by atoms with van der Waals surface area (Å²) in [5, 5.41) is 10.4. The fraction of sp³-hybridized carbons (Fsp3) is 0.188. The number of para-hydroxylation sites is 3. The number of oxazole rings is 1. The minimum absolute atomic E-state index is 0.149. The van der Waals surface area contributed by atoms with Crippen molar-refractivity contribution in [2.45, 2.75) is 51.6 Å². The predicted molar refractivity (Wildman–Crippen MR) is 302 cm³/mol. The topological polar surface area (TPSA) is 80.0 Å². The molecule has 12 rings (SSSR count). The van der Waals surface area contributed by atoms with Crippen molar-refractivity contribution in [3.05, 3.63) is 203 Å². The Hall–Kier alpha value is -8.04. The molecule has 10 heteroatoms. The third-order valence-electron chi connectivity index (χ3n) is 15.0. The summed E-state index contributed by atoms with van der Waals surface area (Å²) in [5.74, 6) is 0.708. The van der Waals surface area contributed by atoms with Crippen LogP contribution in [0.4, 0.5) is 11.4 Å². The third kappa shape index (κ3) is 8.19. The number of fused-ring (bicyclic) bond motifs is 14. The number of ether oxygens (including phenoxy) is 2. The third-order valence-corrected chi connectivity index (χ3v) is 17.4. The molecule has 0 radical (unpaired) electrons. The molecule has 0 spiro atoms. The SMILES string of the molecule is CN1C(=CC=Cc2[se]c3ccccc3[n+]2CCOC=O)C(C)(C)c2c1c1ccccc1c1ccccc21.CN1C(=CC=Cc2oc3ccccc3[n+]2CCOC=O)C(C)(C)c2c1c1ccccc1c1ccccc21. The maximum absolute atomic E-state index is 10.7. The predicted octanol–water partition coefficient (Wildman–Crippen LogP) is 12.5. The quantitative estimate of drug-likeness (QED) is 0.0396. The molecular weight excluding hydrogens is 984 g/mol. The first kappa shape index (κ1) is 48.2. The maximum Gasteiger partial charge on any atom is 0.374 e. The van der Waals surface area contributed by atoms with E-state index >= 15 is 0 Å². The number of benzene rings is 8. The second-order valence-electron chi connectivity index (χ2n) is 19.9. The van der Waals surface area contributed by atoms with Gasteiger partial charge in [0.2, 0.25) is 5.58 Å². The summed E-state index contributed by atoms with van der Waals surface area (Å²) in [6.45, 7) is 12.1. The Balaban J connectivity index is 0.000000159. The van der Waals surface area contributed by atoms with Gasteiger partial charge >= 0.3 is 229 Å². The van der Waals surface area contributed by atoms with Crippen LogP contribution in [0.25, 0.3) is 76.1 Å². The minimum Gasteiger partial charge on any atom is -0.461 e. The first-order valence-electron chi connectivity index (χ1n) is 25.1. The van der Waals surface area contributed by atoms with Gasteiger partial charge in [0.05, 0.1) is 11.8 Å². The van der Waals surface area contributed by atoms with E-state index < -0.39 is 0 Å². The average molecular weight is 1040 g/mol. The van der Waals surface area contributed by atoms with Crippen molar-refractivity contribution in [2.75, 3.05) is 37.1 Å². The number of carbonyl (C=O) groups excluding carboxylic acids is 2. The summed E-state index contributed by atoms with van der Waals surface area (Å²) in [6, 6.07) is 51.3. The van der Waals surface area contributed by atoms with Gasteiger partial charge in [0, 0.05) is 29.6 Å². The van der Waals surface area contributed by atoms with Crippen molar-refractivity contribution in [2.24, 2.45) is 0 Å². The number of hydrogen-bond donors (Lipinski definition) is 0. The number of nitrogens with zero attached hydrogens (tertiary/aromatic N) is 4. The number of hydrogen-bond acceptors (Lipinski definition) is 7. The molecule has 0 saturated carbocycles. The Morgan fingerprint density at radius 1 is 0.514 bits per heavy atom. The monoisotopic (exact) mass is 1040 g/mol. The van der Waals surface area contributed by atoms with E-state index in [-0.39, 0.29) is 31.9 Å². The summed E-state index contributed by atoms with van der Waals surface area (Å²) < 4.78 is 23.1. The van der Waals surface area contributed by atoms with Crippen LogP contribution in [0, 0.1) is 0 Å². The number of rotatable bonds is 12. The molecule has 0 unspecified atom stereocenters. The maximum atomic E-state index is 10.7. The first-order chi connectivity index (χ1) is 36.0. The molecule has 74 heavy (non-hydrogen) atoms. The van der Waals surface area contributed by atoms with E-state index in [0.29, 0.717) is 38.5 Å². The van der Waals surface area contributed by atoms with Gasteiger partial charge < -0.3 is 14.1 Å². The van der Waals surface area contributed by atoms with Gasteiger partial charge in [-0.05, 0) is 33.9 Å². The minimum atomic E-state index is -0.195. The van der Waals surface area contributed by atoms with Crippen LogP contribution in [-0.2, 0) is 43.0 Å². The van der Waals surface area contributed by atoms with E-state index in [4.69, 9.17) is 13.9 Å². The van der Waals surface area contributed by atoms with Gasteiger partial charge in [0.15, 0.2) is 13.2 Å². The Bertz CT molecular complexity index is 3710. The Kier molecular flexibility index (Phi) is 12.9. The van der Waals surface area contributed by atoms with E-state index in [1.165, 1.54) is 91.3 Å². The second-order valence-corrected chi connectivity index (χ2v) is 22.1. The van der Waals surface area contributed by atoms with Crippen molar-refractivity contribution >= 4 is 115 Å². The fourth-order valence-corrected chi connectivity index (χ4v) is 14.1. The standard InChI is InChI=1S/C32H29N2O3.C32H29N2O2Se/c2*1-32(2)28(17-10-18-29-34(19-20-36-21-35)26-15-8-9-16-27(26)37-29)33(3)31-25-14-7-5-12-23(25)22-11-4-6-13-24(22)30(31)32/h2*4-18,21H,19-20H2,1-3H3/q2*+1. The van der Waals surface area contributed by atoms with Gasteiger partial charge in [0.25, 0.3) is 12.0 Å². The molecule has 0 fully saturated rings. The molecule has 2 aliphatic rings. The smallest absolute Gasteiger partial charge is 0.374 e. The molecule has 0 N–H and O–H groups in total. The summed E-state index contributed by atoms with van der Waals surface area (Å²) >= 11 is 0.208. The zero-order valence-electron chi connectivity index (χ0n) is 42.5. The van der Waals surface area contributed by atoms with Crippen LogP contribution >= 0.6 is 0 Å². The molecular formula is C64H58N4O5Se+2. The van der Waals surface area contributed by atoms with E-state index in [2.05, 4.69) is 208 Å². The molecule has 0 amide bonds. The molecule has 0 saturated heterocycles. The van der Waals surface area contributed by atoms with Crippen LogP contribution in [0.3, 0.4) is 0 Å². The number of aromatic nitrogens is 2. The number of carbonyl (C=O) groups is 2. The van der Waals surface area contributed by atoms with Gasteiger partial charge in [-0.3, -0.25) is 4.79 Å². The Labute approximate surface area is 436 Å². The van der Waals surface area contributed by atoms with Gasteiger partial charge in [-0.2, -0.15) is 4.57 Å². The van der Waals surface area contributed by atoms with Crippen molar-refractivity contribution in [3.63, 3.8) is 0 Å². The molecule has 9 nitrogen and oxygen atoms in total. The normalized spacial score (nSPS) is 15.9. The van der Waals surface area contributed by atoms with E-state index in [1.807, 2.05) is 34.9 Å². The van der Waals surface area contributed by atoms with Gasteiger partial charge in [0.1, 0.15) is 0 Å². The molecule has 0 aliphatic carbocycles. The Morgan fingerprint density at radius 3 is 1.46 bits per heavy atom. The number of likely N-dealkylation sites (N-methyl/N-ethyl adjacent to an activating group) is 2. The number of allylic oxidation sites excluding steroid dienone is 6. The molecule has 8 aromatic carbocycles. The molecule has 368 valence electrons. The molecule has 2 aliphatic heterocycles. The van der Waals surface area contributed by atoms with Gasteiger partial charge in [-0.15, -0.1) is 0 Å². The van der Waals surface area contributed by atoms with Crippen LogP contribution in [0.2, 0.25) is 0 Å². The van der Waals surface area contributed by atoms with E-state index in [0.717, 1.165) is 11.1 Å². The van der Waals surface area contributed by atoms with Crippen molar-refractivity contribution in [1.29, 1.82) is 0 Å². The van der Waals surface area contributed by atoms with E-state index in [9.17, 15) is 9.59 Å². The fourth-order valence-electron chi connectivity index (χ4n) is 11.8. The van der Waals surface area contributed by atoms with Crippen LogP contribution in [0.1, 0.15) is 49.3 Å². The summed E-state index contributed by atoms with van der Waals surface area (Å²) in [7, 11) is 4.35. The van der Waals surface area contributed by atoms with Crippen LogP contribution < -0.4 is 18.9 Å². The molecule has 0 atom stereocenters. The molecule has 2 aromatic heterocycles. The number of anilines is 2. The largest absolute Gasteiger partial charge is 0.461 e. The van der Waals surface area contributed by atoms with Crippen molar-refractivity contribution < 1.29 is 32.6 Å². The second kappa shape index (κ2) is 19.8. The average Bonchev–Trinajstić information content (AvgIpc) is 4.09. The van der Waals surface area contributed by atoms with Gasteiger partial charge in [-0.1, -0.05) is 80.6 Å². The van der Waals surface area contributed by atoms with E-state index in [1.54, 1.807) is 0 Å². The van der Waals surface area contributed by atoms with Crippen LogP contribution in [0.5, 0.6) is 0 Å². The van der Waals surface area contributed by atoms with Crippen molar-refractivity contribution in [1.82, 2.24) is 0 Å². The first-order valence-corrected chi connectivity index (χ1v) is 26.8. The van der Waals surface area contributed by atoms with Crippen LogP contribution in [0.15, 0.2) is 186 Å². The zero-order valence-corrected chi connectivity index (χ0v) is 44.3. The van der Waals surface area contributed by atoms with Gasteiger partial charge in [-0.25, -0.2) is 0 Å². The summed E-state index contributed by atoms with van der Waals surface area (Å²) in [5.41, 5.74) is 10.4. The van der Waals surface area contributed by atoms with Crippen molar-refractivity contribution in [3.8, 4) is 0 Å². The van der Waals surface area contributed by atoms with Crippen LogP contribution in [-0.4, -0.2) is 54.8 Å². The Morgan fingerprint density at radius 2 is 0.932 bits per heavy atom. The molecule has 4 heterocycles. The molecule has 10 aromatic rings. The zero-order chi connectivity index (χ0) is 51.1. The molecule has 0 bridgehead atoms. The summed E-state index contributed by atoms with van der Waals surface area (Å²) in [6.07, 6.45) is 12.9.